The van der Waals surface area contributed by atoms with E-state index in [2.05, 4.69) is 11.0 Å². The summed E-state index contributed by atoms with van der Waals surface area (Å²) in [6.45, 7) is 1.01. The lowest BCUT2D eigenvalue weighted by Gasteiger charge is -2.34. The second kappa shape index (κ2) is 3.01. The summed E-state index contributed by atoms with van der Waals surface area (Å²) in [6.07, 6.45) is 3.98. The Morgan fingerprint density at radius 3 is 3.19 bits per heavy atom. The van der Waals surface area contributed by atoms with E-state index in [0.717, 1.165) is 23.3 Å². The summed E-state index contributed by atoms with van der Waals surface area (Å²) in [4.78, 5) is 7.29. The lowest BCUT2D eigenvalue weighted by molar-refractivity contribution is 0.317. The summed E-state index contributed by atoms with van der Waals surface area (Å²) in [5.41, 5.74) is 2.30. The zero-order valence-electron chi connectivity index (χ0n) is 8.99. The molecular weight excluding hydrogens is 220 g/mol. The summed E-state index contributed by atoms with van der Waals surface area (Å²) in [5.74, 6) is 2.01. The molecule has 1 aromatic rings. The number of amidine groups is 1. The minimum absolute atomic E-state index is 0.703. The first-order chi connectivity index (χ1) is 7.83. The molecule has 0 amide bonds. The highest BCUT2D eigenvalue weighted by Gasteiger charge is 2.44. The van der Waals surface area contributed by atoms with Gasteiger partial charge in [-0.25, -0.2) is 4.99 Å². The predicted molar refractivity (Wildman–Crippen MR) is 65.2 cm³/mol. The van der Waals surface area contributed by atoms with Crippen LogP contribution in [0.4, 0.5) is 5.69 Å². The molecule has 0 aromatic heterocycles. The molecule has 2 fully saturated rings. The minimum atomic E-state index is 0.703. The summed E-state index contributed by atoms with van der Waals surface area (Å²) in [5, 5.41) is 0.799. The normalized spacial score (nSPS) is 30.1. The lowest BCUT2D eigenvalue weighted by atomic mass is 10.0. The van der Waals surface area contributed by atoms with Gasteiger partial charge in [0, 0.05) is 18.5 Å². The van der Waals surface area contributed by atoms with Gasteiger partial charge in [-0.05, 0) is 30.9 Å². The number of fused-ring (bicyclic) bond motifs is 6. The highest BCUT2D eigenvalue weighted by Crippen LogP contribution is 2.45. The van der Waals surface area contributed by atoms with Crippen LogP contribution in [0.2, 0.25) is 5.02 Å². The SMILES string of the molecule is Clc1cccc2c1N=C1C3CCC(C3)N1C2. The van der Waals surface area contributed by atoms with Crippen molar-refractivity contribution in [3.05, 3.63) is 28.8 Å². The molecule has 1 aromatic carbocycles. The van der Waals surface area contributed by atoms with Gasteiger partial charge in [-0.1, -0.05) is 23.7 Å². The van der Waals surface area contributed by atoms with Crippen molar-refractivity contribution in [1.82, 2.24) is 4.90 Å². The molecule has 1 saturated heterocycles. The number of rotatable bonds is 0. The molecule has 16 heavy (non-hydrogen) atoms. The average Bonchev–Trinajstić information content (AvgIpc) is 2.88. The van der Waals surface area contributed by atoms with Gasteiger partial charge in [-0.3, -0.25) is 0 Å². The molecule has 4 rings (SSSR count). The van der Waals surface area contributed by atoms with Crippen LogP contribution in [0.1, 0.15) is 24.8 Å². The quantitative estimate of drug-likeness (QED) is 0.670. The number of hydrogen-bond donors (Lipinski definition) is 0. The summed E-state index contributed by atoms with van der Waals surface area (Å²) < 4.78 is 0. The van der Waals surface area contributed by atoms with E-state index in [1.54, 1.807) is 0 Å². The minimum Gasteiger partial charge on any atom is -0.352 e. The van der Waals surface area contributed by atoms with E-state index in [1.807, 2.05) is 12.1 Å². The average molecular weight is 233 g/mol. The van der Waals surface area contributed by atoms with Crippen molar-refractivity contribution in [3.8, 4) is 0 Å². The molecule has 1 aliphatic carbocycles. The van der Waals surface area contributed by atoms with Crippen LogP contribution in [0.3, 0.4) is 0 Å². The molecular formula is C13H13ClN2. The largest absolute Gasteiger partial charge is 0.352 e. The van der Waals surface area contributed by atoms with Gasteiger partial charge in [-0.15, -0.1) is 0 Å². The first-order valence-corrected chi connectivity index (χ1v) is 6.33. The molecule has 0 N–H and O–H groups in total. The van der Waals surface area contributed by atoms with E-state index in [0.29, 0.717) is 5.92 Å². The molecule has 2 bridgehead atoms. The highest BCUT2D eigenvalue weighted by atomic mass is 35.5. The zero-order chi connectivity index (χ0) is 10.7. The Morgan fingerprint density at radius 1 is 1.31 bits per heavy atom. The van der Waals surface area contributed by atoms with Gasteiger partial charge < -0.3 is 4.90 Å². The number of nitrogens with zero attached hydrogens (tertiary/aromatic N) is 2. The monoisotopic (exact) mass is 232 g/mol. The second-order valence-electron chi connectivity index (χ2n) is 5.01. The van der Waals surface area contributed by atoms with Crippen LogP contribution in [0.15, 0.2) is 23.2 Å². The molecule has 0 radical (unpaired) electrons. The molecule has 2 atom stereocenters. The highest BCUT2D eigenvalue weighted by molar-refractivity contribution is 6.33. The Balaban J connectivity index is 1.88. The van der Waals surface area contributed by atoms with Crippen molar-refractivity contribution >= 4 is 23.1 Å². The Kier molecular flexibility index (Phi) is 1.70. The molecule has 2 nitrogen and oxygen atoms in total. The smallest absolute Gasteiger partial charge is 0.109 e. The number of halogens is 1. The Morgan fingerprint density at radius 2 is 2.25 bits per heavy atom. The third-order valence-corrected chi connectivity index (χ3v) is 4.45. The van der Waals surface area contributed by atoms with Gasteiger partial charge in [0.2, 0.25) is 0 Å². The van der Waals surface area contributed by atoms with Crippen LogP contribution in [0, 0.1) is 5.92 Å². The fourth-order valence-electron chi connectivity index (χ4n) is 3.37. The van der Waals surface area contributed by atoms with Gasteiger partial charge in [0.15, 0.2) is 0 Å². The van der Waals surface area contributed by atoms with Crippen LogP contribution >= 0.6 is 11.6 Å². The standard InChI is InChI=1S/C13H13ClN2/c14-11-3-1-2-9-7-16-10-5-4-8(6-10)13(16)15-12(9)11/h1-3,8,10H,4-7H2. The van der Waals surface area contributed by atoms with Gasteiger partial charge in [-0.2, -0.15) is 0 Å². The van der Waals surface area contributed by atoms with Crippen molar-refractivity contribution < 1.29 is 0 Å². The summed E-state index contributed by atoms with van der Waals surface area (Å²) in [7, 11) is 0. The maximum atomic E-state index is 6.21. The fourth-order valence-corrected chi connectivity index (χ4v) is 3.61. The number of piperidine rings is 1. The van der Waals surface area contributed by atoms with Crippen LogP contribution in [0.25, 0.3) is 0 Å². The summed E-state index contributed by atoms with van der Waals surface area (Å²) in [6, 6.07) is 6.85. The topological polar surface area (TPSA) is 15.6 Å². The van der Waals surface area contributed by atoms with E-state index in [4.69, 9.17) is 16.6 Å². The van der Waals surface area contributed by atoms with Crippen LogP contribution in [-0.4, -0.2) is 16.8 Å². The number of benzene rings is 1. The Hall–Kier alpha value is -1.02. The molecule has 3 aliphatic rings. The van der Waals surface area contributed by atoms with Crippen molar-refractivity contribution in [2.24, 2.45) is 10.9 Å². The molecule has 3 heteroatoms. The van der Waals surface area contributed by atoms with E-state index in [-0.39, 0.29) is 0 Å². The first kappa shape index (κ1) is 9.06. The van der Waals surface area contributed by atoms with Crippen molar-refractivity contribution in [3.63, 3.8) is 0 Å². The molecule has 2 unspecified atom stereocenters. The van der Waals surface area contributed by atoms with Gasteiger partial charge in [0.25, 0.3) is 0 Å². The second-order valence-corrected chi connectivity index (χ2v) is 5.42. The van der Waals surface area contributed by atoms with Crippen molar-refractivity contribution in [2.45, 2.75) is 31.8 Å². The molecule has 82 valence electrons. The first-order valence-electron chi connectivity index (χ1n) is 5.95. The molecule has 1 saturated carbocycles. The van der Waals surface area contributed by atoms with Crippen molar-refractivity contribution in [2.75, 3.05) is 0 Å². The van der Waals surface area contributed by atoms with Gasteiger partial charge in [0.1, 0.15) is 5.84 Å². The van der Waals surface area contributed by atoms with Crippen LogP contribution in [0.5, 0.6) is 0 Å². The summed E-state index contributed by atoms with van der Waals surface area (Å²) >= 11 is 6.21. The molecule has 2 heterocycles. The van der Waals surface area contributed by atoms with E-state index < -0.39 is 0 Å². The fraction of sp³-hybridized carbons (Fsp3) is 0.462. The van der Waals surface area contributed by atoms with Crippen LogP contribution in [-0.2, 0) is 6.54 Å². The maximum absolute atomic E-state index is 6.21. The maximum Gasteiger partial charge on any atom is 0.109 e. The third-order valence-electron chi connectivity index (χ3n) is 4.14. The lowest BCUT2D eigenvalue weighted by Crippen LogP contribution is -2.38. The van der Waals surface area contributed by atoms with Gasteiger partial charge >= 0.3 is 0 Å². The Bertz CT molecular complexity index is 495. The van der Waals surface area contributed by atoms with E-state index in [9.17, 15) is 0 Å². The predicted octanol–water partition coefficient (Wildman–Crippen LogP) is 3.37. The zero-order valence-corrected chi connectivity index (χ0v) is 9.74. The van der Waals surface area contributed by atoms with Gasteiger partial charge in [0.05, 0.1) is 10.7 Å². The van der Waals surface area contributed by atoms with E-state index >= 15 is 0 Å². The van der Waals surface area contributed by atoms with Crippen molar-refractivity contribution in [1.29, 1.82) is 0 Å². The molecule has 2 aliphatic heterocycles. The third kappa shape index (κ3) is 1.06. The van der Waals surface area contributed by atoms with Crippen LogP contribution < -0.4 is 0 Å². The van der Waals surface area contributed by atoms with E-state index in [1.165, 1.54) is 30.7 Å². The number of hydrogen-bond acceptors (Lipinski definition) is 2. The number of aliphatic imine (C=N–C) groups is 1. The Labute approximate surface area is 99.9 Å². The molecule has 0 spiro atoms. The number of para-hydroxylation sites is 1.